The Morgan fingerprint density at radius 3 is 1.71 bits per heavy atom. The van der Waals surface area contributed by atoms with Gasteiger partial charge in [0.25, 0.3) is 5.56 Å². The molecule has 45 heavy (non-hydrogen) atoms. The summed E-state index contributed by atoms with van der Waals surface area (Å²) in [5, 5.41) is 3.26. The molecule has 0 radical (unpaired) electrons. The van der Waals surface area contributed by atoms with Crippen molar-refractivity contribution < 1.29 is 42.7 Å². The third kappa shape index (κ3) is 6.44. The predicted molar refractivity (Wildman–Crippen MR) is 169 cm³/mol. The van der Waals surface area contributed by atoms with E-state index in [9.17, 15) is 14.4 Å². The van der Waals surface area contributed by atoms with Crippen molar-refractivity contribution in [3.8, 4) is 45.6 Å². The lowest BCUT2D eigenvalue weighted by atomic mass is 9.95. The van der Waals surface area contributed by atoms with Crippen molar-refractivity contribution in [3.63, 3.8) is 0 Å². The first-order valence-electron chi connectivity index (χ1n) is 13.7. The number of aromatic nitrogens is 1. The van der Waals surface area contributed by atoms with E-state index in [1.54, 1.807) is 69.3 Å². The molecule has 0 saturated carbocycles. The van der Waals surface area contributed by atoms with Crippen LogP contribution in [0.25, 0.3) is 27.6 Å². The Morgan fingerprint density at radius 1 is 0.711 bits per heavy atom. The predicted octanol–water partition coefficient (Wildman–Crippen LogP) is 5.83. The van der Waals surface area contributed by atoms with E-state index < -0.39 is 23.2 Å². The number of carbonyl (C=O) groups is 2. The van der Waals surface area contributed by atoms with Crippen molar-refractivity contribution in [2.75, 3.05) is 48.0 Å². The fraction of sp³-hybridized carbons (Fsp3) is 0.303. The van der Waals surface area contributed by atoms with Crippen molar-refractivity contribution >= 4 is 28.5 Å². The molecular weight excluding hydrogens is 584 g/mol. The Bertz CT molecular complexity index is 1780. The molecule has 0 unspecified atom stereocenters. The van der Waals surface area contributed by atoms with Gasteiger partial charge in [-0.2, -0.15) is 0 Å². The number of carbonyl (C=O) groups excluding carboxylic acids is 2. The van der Waals surface area contributed by atoms with Crippen molar-refractivity contribution in [2.45, 2.75) is 26.4 Å². The van der Waals surface area contributed by atoms with E-state index in [-0.39, 0.29) is 11.1 Å². The molecule has 4 aromatic rings. The van der Waals surface area contributed by atoms with Gasteiger partial charge in [-0.3, -0.25) is 14.7 Å². The average molecular weight is 621 g/mol. The van der Waals surface area contributed by atoms with E-state index >= 15 is 0 Å². The number of rotatable bonds is 9. The summed E-state index contributed by atoms with van der Waals surface area (Å²) in [5.41, 5.74) is 0.217. The van der Waals surface area contributed by atoms with E-state index in [2.05, 4.69) is 5.32 Å². The smallest absolute Gasteiger partial charge is 0.412 e. The lowest BCUT2D eigenvalue weighted by Crippen LogP contribution is -2.27. The minimum absolute atomic E-state index is 0.0793. The fourth-order valence-electron chi connectivity index (χ4n) is 4.89. The van der Waals surface area contributed by atoms with Crippen LogP contribution >= 0.6 is 0 Å². The number of methoxy groups -OCH3 is 6. The van der Waals surface area contributed by atoms with Gasteiger partial charge in [0, 0.05) is 22.3 Å². The number of nitrogens with one attached hydrogen (secondary N) is 1. The maximum Gasteiger partial charge on any atom is 0.412 e. The first-order valence-corrected chi connectivity index (χ1v) is 13.7. The van der Waals surface area contributed by atoms with E-state index in [1.165, 1.54) is 47.2 Å². The molecule has 1 aromatic heterocycles. The van der Waals surface area contributed by atoms with Gasteiger partial charge in [0.05, 0.1) is 48.0 Å². The minimum atomic E-state index is -0.788. The maximum atomic E-state index is 14.3. The molecule has 0 aliphatic rings. The summed E-state index contributed by atoms with van der Waals surface area (Å²) in [4.78, 5) is 40.3. The van der Waals surface area contributed by atoms with Crippen LogP contribution in [0.3, 0.4) is 0 Å². The summed E-state index contributed by atoms with van der Waals surface area (Å²) in [5.74, 6) is 0.853. The van der Waals surface area contributed by atoms with E-state index in [0.29, 0.717) is 56.6 Å². The SMILES string of the molecule is COC(=O)c1c(-c2cc(OC)c(OC)c(OC)c2)c2cc(OC)c(OC)cc2c(=O)n1-c1ccc(NC(=O)OC(C)(C)C)cc1. The third-order valence-electron chi connectivity index (χ3n) is 6.79. The molecule has 3 aromatic carbocycles. The molecule has 238 valence electrons. The zero-order valence-corrected chi connectivity index (χ0v) is 26.6. The first kappa shape index (κ1) is 32.5. The van der Waals surface area contributed by atoms with Crippen molar-refractivity contribution in [3.05, 3.63) is 64.6 Å². The highest BCUT2D eigenvalue weighted by Crippen LogP contribution is 2.45. The van der Waals surface area contributed by atoms with Crippen LogP contribution in [0.4, 0.5) is 10.5 Å². The van der Waals surface area contributed by atoms with E-state index in [0.717, 1.165) is 0 Å². The second-order valence-corrected chi connectivity index (χ2v) is 10.7. The zero-order chi connectivity index (χ0) is 33.1. The van der Waals surface area contributed by atoms with Crippen molar-refractivity contribution in [1.82, 2.24) is 4.57 Å². The van der Waals surface area contributed by atoms with Gasteiger partial charge >= 0.3 is 12.1 Å². The van der Waals surface area contributed by atoms with Crippen LogP contribution in [0.1, 0.15) is 31.3 Å². The quantitative estimate of drug-likeness (QED) is 0.228. The topological polar surface area (TPSA) is 133 Å². The lowest BCUT2D eigenvalue weighted by Gasteiger charge is -2.22. The van der Waals surface area contributed by atoms with Crippen LogP contribution in [-0.2, 0) is 9.47 Å². The Labute approximate surface area is 260 Å². The number of amides is 1. The fourth-order valence-corrected chi connectivity index (χ4v) is 4.89. The van der Waals surface area contributed by atoms with Gasteiger partial charge in [0.2, 0.25) is 5.75 Å². The molecule has 0 atom stereocenters. The van der Waals surface area contributed by atoms with Crippen LogP contribution in [0.15, 0.2) is 53.3 Å². The maximum absolute atomic E-state index is 14.3. The van der Waals surface area contributed by atoms with E-state index in [4.69, 9.17) is 33.2 Å². The number of esters is 1. The molecule has 0 bridgehead atoms. The molecule has 0 fully saturated rings. The monoisotopic (exact) mass is 620 g/mol. The van der Waals surface area contributed by atoms with Gasteiger partial charge in [0.15, 0.2) is 23.0 Å². The van der Waals surface area contributed by atoms with Crippen molar-refractivity contribution in [2.24, 2.45) is 0 Å². The average Bonchev–Trinajstić information content (AvgIpc) is 3.02. The standard InChI is InChI=1S/C33H36N2O10/c1-33(2,3)45-32(38)34-19-10-12-20(13-11-19)35-28(31(37)44-9)27(18-14-25(41-6)29(43-8)26(15-18)42-7)21-16-23(39-4)24(40-5)17-22(21)30(35)36/h10-17H,1-9H3,(H,34,38). The van der Waals surface area contributed by atoms with E-state index in [1.807, 2.05) is 0 Å². The summed E-state index contributed by atoms with van der Waals surface area (Å²) < 4.78 is 39.6. The molecule has 12 nitrogen and oxygen atoms in total. The van der Waals surface area contributed by atoms with Gasteiger partial charge in [-0.1, -0.05) is 0 Å². The molecule has 0 aliphatic heterocycles. The highest BCUT2D eigenvalue weighted by molar-refractivity contribution is 6.08. The molecule has 1 heterocycles. The lowest BCUT2D eigenvalue weighted by molar-refractivity contribution is 0.0589. The largest absolute Gasteiger partial charge is 0.493 e. The number of anilines is 1. The van der Waals surface area contributed by atoms with Crippen molar-refractivity contribution in [1.29, 1.82) is 0 Å². The number of benzene rings is 3. The van der Waals surface area contributed by atoms with Gasteiger partial charge in [-0.15, -0.1) is 0 Å². The molecule has 0 aliphatic carbocycles. The van der Waals surface area contributed by atoms with Gasteiger partial charge in [0.1, 0.15) is 11.3 Å². The highest BCUT2D eigenvalue weighted by atomic mass is 16.6. The number of nitrogens with zero attached hydrogens (tertiary/aromatic N) is 1. The number of ether oxygens (including phenoxy) is 7. The summed E-state index contributed by atoms with van der Waals surface area (Å²) in [6, 6.07) is 12.9. The Hall–Kier alpha value is -5.39. The Kier molecular flexibility index (Phi) is 9.46. The number of fused-ring (bicyclic) bond motifs is 1. The summed E-state index contributed by atoms with van der Waals surface area (Å²) in [6.45, 7) is 5.27. The van der Waals surface area contributed by atoms with Crippen LogP contribution in [0.2, 0.25) is 0 Å². The first-order chi connectivity index (χ1) is 21.4. The van der Waals surface area contributed by atoms with Crippen LogP contribution in [0.5, 0.6) is 28.7 Å². The summed E-state index contributed by atoms with van der Waals surface area (Å²) >= 11 is 0. The molecule has 0 saturated heterocycles. The van der Waals surface area contributed by atoms with Crippen LogP contribution < -0.4 is 34.6 Å². The number of hydrogen-bond acceptors (Lipinski definition) is 10. The van der Waals surface area contributed by atoms with Gasteiger partial charge in [-0.05, 0) is 74.9 Å². The third-order valence-corrected chi connectivity index (χ3v) is 6.79. The molecule has 12 heteroatoms. The molecule has 4 rings (SSSR count). The summed E-state index contributed by atoms with van der Waals surface area (Å²) in [7, 11) is 8.58. The zero-order valence-electron chi connectivity index (χ0n) is 26.6. The number of hydrogen-bond donors (Lipinski definition) is 1. The Balaban J connectivity index is 2.10. The van der Waals surface area contributed by atoms with Gasteiger partial charge in [-0.25, -0.2) is 9.59 Å². The molecule has 1 N–H and O–H groups in total. The molecular formula is C33H36N2O10. The normalized spacial score (nSPS) is 11.0. The minimum Gasteiger partial charge on any atom is -0.493 e. The van der Waals surface area contributed by atoms with Crippen LogP contribution in [0, 0.1) is 0 Å². The summed E-state index contributed by atoms with van der Waals surface area (Å²) in [6.07, 6.45) is -0.640. The van der Waals surface area contributed by atoms with Crippen LogP contribution in [-0.4, -0.2) is 64.9 Å². The number of pyridine rings is 1. The Morgan fingerprint density at radius 2 is 1.24 bits per heavy atom. The molecule has 1 amide bonds. The molecule has 0 spiro atoms. The second-order valence-electron chi connectivity index (χ2n) is 10.7. The second kappa shape index (κ2) is 13.1. The van der Waals surface area contributed by atoms with Gasteiger partial charge < -0.3 is 33.2 Å². The highest BCUT2D eigenvalue weighted by Gasteiger charge is 2.28.